The fourth-order valence-electron chi connectivity index (χ4n) is 5.88. The molecule has 0 N–H and O–H groups in total. The molecule has 1 aliphatic carbocycles. The summed E-state index contributed by atoms with van der Waals surface area (Å²) >= 11 is 0. The topological polar surface area (TPSA) is 107 Å². The van der Waals surface area contributed by atoms with E-state index in [0.29, 0.717) is 5.56 Å². The Labute approximate surface area is 218 Å². The van der Waals surface area contributed by atoms with E-state index in [1.54, 1.807) is 31.2 Å². The van der Waals surface area contributed by atoms with Crippen LogP contribution in [-0.2, 0) is 19.1 Å². The third kappa shape index (κ3) is 3.16. The van der Waals surface area contributed by atoms with Crippen molar-refractivity contribution < 1.29 is 33.4 Å². The van der Waals surface area contributed by atoms with E-state index in [-0.39, 0.29) is 29.0 Å². The van der Waals surface area contributed by atoms with Crippen LogP contribution in [0.2, 0.25) is 0 Å². The SMILES string of the molecule is CCOC(=O)c1ccc(N2C(=O)[C@@H]3[C@@H](c4cccc(C)c4)OC4(C(=O)c5ccccc5C4=O)[C@@H]3C2=O)cc1. The summed E-state index contributed by atoms with van der Waals surface area (Å²) in [7, 11) is 0. The van der Waals surface area contributed by atoms with Gasteiger partial charge in [-0.15, -0.1) is 0 Å². The maximum atomic E-state index is 14.0. The van der Waals surface area contributed by atoms with Gasteiger partial charge in [0.1, 0.15) is 0 Å². The van der Waals surface area contributed by atoms with Gasteiger partial charge in [-0.25, -0.2) is 9.69 Å². The lowest BCUT2D eigenvalue weighted by molar-refractivity contribution is -0.127. The highest BCUT2D eigenvalue weighted by Gasteiger charge is 2.74. The number of amides is 2. The molecule has 3 aromatic carbocycles. The van der Waals surface area contributed by atoms with Crippen molar-refractivity contribution in [2.24, 2.45) is 11.8 Å². The van der Waals surface area contributed by atoms with E-state index in [0.717, 1.165) is 10.5 Å². The van der Waals surface area contributed by atoms with Crippen molar-refractivity contribution in [2.45, 2.75) is 25.6 Å². The molecule has 38 heavy (non-hydrogen) atoms. The number of hydrogen-bond acceptors (Lipinski definition) is 7. The van der Waals surface area contributed by atoms with Crippen molar-refractivity contribution in [3.8, 4) is 0 Å². The van der Waals surface area contributed by atoms with Crippen molar-refractivity contribution in [2.75, 3.05) is 11.5 Å². The van der Waals surface area contributed by atoms with E-state index in [2.05, 4.69) is 0 Å². The molecule has 190 valence electrons. The van der Waals surface area contributed by atoms with Gasteiger partial charge < -0.3 is 9.47 Å². The summed E-state index contributed by atoms with van der Waals surface area (Å²) in [6.07, 6.45) is -0.984. The van der Waals surface area contributed by atoms with Crippen LogP contribution in [0.5, 0.6) is 0 Å². The number of benzene rings is 3. The first-order chi connectivity index (χ1) is 18.3. The van der Waals surface area contributed by atoms with E-state index >= 15 is 0 Å². The highest BCUT2D eigenvalue weighted by molar-refractivity contribution is 6.37. The first kappa shape index (κ1) is 23.9. The second-order valence-electron chi connectivity index (χ2n) is 9.67. The largest absolute Gasteiger partial charge is 0.462 e. The Morgan fingerprint density at radius 2 is 1.55 bits per heavy atom. The summed E-state index contributed by atoms with van der Waals surface area (Å²) in [5.41, 5.74) is 0.236. The molecule has 1 spiro atoms. The molecule has 2 saturated heterocycles. The van der Waals surface area contributed by atoms with Gasteiger partial charge in [-0.2, -0.15) is 0 Å². The Bertz CT molecular complexity index is 1510. The summed E-state index contributed by atoms with van der Waals surface area (Å²) in [6, 6.07) is 19.5. The first-order valence-corrected chi connectivity index (χ1v) is 12.4. The van der Waals surface area contributed by atoms with Crippen LogP contribution in [0.3, 0.4) is 0 Å². The average Bonchev–Trinajstić information content (AvgIpc) is 3.49. The Balaban J connectivity index is 1.47. The molecule has 6 rings (SSSR count). The minimum Gasteiger partial charge on any atom is -0.462 e. The molecule has 0 aromatic heterocycles. The number of anilines is 1. The van der Waals surface area contributed by atoms with Gasteiger partial charge in [0.2, 0.25) is 29.0 Å². The van der Waals surface area contributed by atoms with Crippen molar-refractivity contribution >= 4 is 35.0 Å². The molecule has 0 saturated carbocycles. The maximum Gasteiger partial charge on any atom is 0.338 e. The van der Waals surface area contributed by atoms with E-state index in [1.165, 1.54) is 36.4 Å². The molecule has 0 radical (unpaired) electrons. The highest BCUT2D eigenvalue weighted by Crippen LogP contribution is 2.57. The summed E-state index contributed by atoms with van der Waals surface area (Å²) in [5.74, 6) is -5.42. The molecule has 2 aliphatic heterocycles. The number of imide groups is 1. The molecule has 8 nitrogen and oxygen atoms in total. The van der Waals surface area contributed by atoms with Crippen LogP contribution >= 0.6 is 0 Å². The summed E-state index contributed by atoms with van der Waals surface area (Å²) in [4.78, 5) is 68.6. The quantitative estimate of drug-likeness (QED) is 0.299. The number of carbonyl (C=O) groups excluding carboxylic acids is 5. The van der Waals surface area contributed by atoms with Gasteiger partial charge in [0.05, 0.1) is 35.8 Å². The van der Waals surface area contributed by atoms with Crippen molar-refractivity contribution in [1.82, 2.24) is 0 Å². The number of aryl methyl sites for hydroxylation is 1. The van der Waals surface area contributed by atoms with Crippen LogP contribution in [0.1, 0.15) is 55.2 Å². The van der Waals surface area contributed by atoms with Crippen LogP contribution in [0.4, 0.5) is 5.69 Å². The minimum atomic E-state index is -2.13. The van der Waals surface area contributed by atoms with Gasteiger partial charge in [-0.05, 0) is 43.7 Å². The molecule has 0 unspecified atom stereocenters. The standard InChI is InChI=1S/C30H23NO7/c1-3-37-29(36)17-11-13-19(14-12-17)31-27(34)22-23(28(31)35)30(38-24(22)18-8-6-7-16(2)15-18)25(32)20-9-4-5-10-21(20)26(30)33/h4-15,22-24H,3H2,1-2H3/t22-,23-,24+/m0/s1. The van der Waals surface area contributed by atoms with Gasteiger partial charge >= 0.3 is 5.97 Å². The zero-order chi connectivity index (χ0) is 26.8. The first-order valence-electron chi connectivity index (χ1n) is 12.4. The average molecular weight is 510 g/mol. The van der Waals surface area contributed by atoms with Crippen LogP contribution in [0, 0.1) is 18.8 Å². The fraction of sp³-hybridized carbons (Fsp3) is 0.233. The third-order valence-electron chi connectivity index (χ3n) is 7.53. The monoisotopic (exact) mass is 509 g/mol. The minimum absolute atomic E-state index is 0.179. The van der Waals surface area contributed by atoms with E-state index in [9.17, 15) is 24.0 Å². The molecule has 3 aliphatic rings. The summed E-state index contributed by atoms with van der Waals surface area (Å²) in [5, 5.41) is 0. The number of rotatable bonds is 4. The van der Waals surface area contributed by atoms with Crippen LogP contribution < -0.4 is 4.90 Å². The smallest absolute Gasteiger partial charge is 0.338 e. The van der Waals surface area contributed by atoms with Gasteiger partial charge in [0.15, 0.2) is 0 Å². The molecule has 2 fully saturated rings. The van der Waals surface area contributed by atoms with Gasteiger partial charge in [-0.3, -0.25) is 19.2 Å². The number of carbonyl (C=O) groups is 5. The zero-order valence-electron chi connectivity index (χ0n) is 20.7. The Hall–Kier alpha value is -4.43. The molecule has 3 atom stereocenters. The molecular formula is C30H23NO7. The fourth-order valence-corrected chi connectivity index (χ4v) is 5.88. The number of esters is 1. The Morgan fingerprint density at radius 1 is 0.895 bits per heavy atom. The van der Waals surface area contributed by atoms with Crippen molar-refractivity contribution in [3.05, 3.63) is 101 Å². The Morgan fingerprint density at radius 3 is 2.16 bits per heavy atom. The predicted molar refractivity (Wildman–Crippen MR) is 135 cm³/mol. The number of nitrogens with zero attached hydrogens (tertiary/aromatic N) is 1. The third-order valence-corrected chi connectivity index (χ3v) is 7.53. The number of fused-ring (bicyclic) bond motifs is 3. The van der Waals surface area contributed by atoms with Gasteiger partial charge in [-0.1, -0.05) is 54.1 Å². The van der Waals surface area contributed by atoms with Gasteiger partial charge in [0, 0.05) is 11.1 Å². The maximum absolute atomic E-state index is 14.0. The van der Waals surface area contributed by atoms with Crippen LogP contribution in [0.15, 0.2) is 72.8 Å². The predicted octanol–water partition coefficient (Wildman–Crippen LogP) is 3.87. The second kappa shape index (κ2) is 8.56. The lowest BCUT2D eigenvalue weighted by atomic mass is 9.77. The zero-order valence-corrected chi connectivity index (χ0v) is 20.7. The van der Waals surface area contributed by atoms with Gasteiger partial charge in [0.25, 0.3) is 0 Å². The normalized spacial score (nSPS) is 23.2. The lowest BCUT2D eigenvalue weighted by Crippen LogP contribution is -2.51. The molecule has 0 bridgehead atoms. The molecular weight excluding hydrogens is 486 g/mol. The molecule has 8 heteroatoms. The van der Waals surface area contributed by atoms with Crippen molar-refractivity contribution in [1.29, 1.82) is 0 Å². The highest BCUT2D eigenvalue weighted by atomic mass is 16.5. The molecule has 2 amide bonds. The molecule has 3 aromatic rings. The summed E-state index contributed by atoms with van der Waals surface area (Å²) in [6.45, 7) is 3.78. The number of Topliss-reactive ketones (excluding diaryl/α,β-unsaturated/α-hetero) is 2. The van der Waals surface area contributed by atoms with E-state index in [4.69, 9.17) is 9.47 Å². The van der Waals surface area contributed by atoms with E-state index in [1.807, 2.05) is 19.1 Å². The van der Waals surface area contributed by atoms with Crippen LogP contribution in [0.25, 0.3) is 0 Å². The molecule has 2 heterocycles. The van der Waals surface area contributed by atoms with E-state index < -0.39 is 52.9 Å². The van der Waals surface area contributed by atoms with Crippen molar-refractivity contribution in [3.63, 3.8) is 0 Å². The lowest BCUT2D eigenvalue weighted by Gasteiger charge is -2.27. The van der Waals surface area contributed by atoms with Crippen LogP contribution in [-0.4, -0.2) is 41.6 Å². The summed E-state index contributed by atoms with van der Waals surface area (Å²) < 4.78 is 11.3. The Kier molecular flexibility index (Phi) is 5.39. The number of ether oxygens (including phenoxy) is 2. The number of ketones is 2. The number of hydrogen-bond donors (Lipinski definition) is 0. The second-order valence-corrected chi connectivity index (χ2v) is 9.67.